The van der Waals surface area contributed by atoms with Crippen LogP contribution < -0.4 is 5.32 Å². The molecule has 9 heteroatoms. The second-order valence-corrected chi connectivity index (χ2v) is 7.96. The molecule has 5 rings (SSSR count). The van der Waals surface area contributed by atoms with Crippen molar-refractivity contribution in [2.75, 3.05) is 32.7 Å². The van der Waals surface area contributed by atoms with E-state index in [0.29, 0.717) is 12.5 Å². The molecule has 150 valence electrons. The molecule has 2 aromatic heterocycles. The lowest BCUT2D eigenvalue weighted by Crippen LogP contribution is -2.36. The summed E-state index contributed by atoms with van der Waals surface area (Å²) in [4.78, 5) is 2.68. The van der Waals surface area contributed by atoms with E-state index in [1.54, 1.807) is 6.20 Å². The third kappa shape index (κ3) is 4.01. The van der Waals surface area contributed by atoms with Crippen molar-refractivity contribution in [2.45, 2.75) is 25.3 Å². The Bertz CT molecular complexity index is 714. The third-order valence-corrected chi connectivity index (χ3v) is 6.55. The van der Waals surface area contributed by atoms with E-state index in [2.05, 4.69) is 37.1 Å². The van der Waals surface area contributed by atoms with Crippen LogP contribution >= 0.6 is 24.8 Å². The average Bonchev–Trinajstić information content (AvgIpc) is 3.14. The summed E-state index contributed by atoms with van der Waals surface area (Å²) >= 11 is 0. The minimum atomic E-state index is 0. The molecule has 3 aliphatic rings. The fraction of sp³-hybridized carbons (Fsp3) is 0.722. The quantitative estimate of drug-likeness (QED) is 0.805. The Hall–Kier alpha value is -1.15. The molecule has 0 aromatic carbocycles. The number of hydrogen-bond donors (Lipinski definition) is 1. The molecule has 0 bridgehead atoms. The first-order valence-corrected chi connectivity index (χ1v) is 9.58. The zero-order valence-electron chi connectivity index (χ0n) is 15.7. The first kappa shape index (κ1) is 20.6. The summed E-state index contributed by atoms with van der Waals surface area (Å²) in [6, 6.07) is 1.94. The van der Waals surface area contributed by atoms with Crippen LogP contribution in [0.4, 0.5) is 0 Å². The highest BCUT2D eigenvalue weighted by Gasteiger charge is 2.52. The molecule has 1 unspecified atom stereocenters. The van der Waals surface area contributed by atoms with Crippen molar-refractivity contribution in [1.82, 2.24) is 34.8 Å². The number of nitrogens with zero attached hydrogens (tertiary/aromatic N) is 6. The topological polar surface area (TPSA) is 63.8 Å². The van der Waals surface area contributed by atoms with E-state index in [-0.39, 0.29) is 24.8 Å². The lowest BCUT2D eigenvalue weighted by atomic mass is 9.95. The van der Waals surface area contributed by atoms with E-state index in [9.17, 15) is 0 Å². The average molecular weight is 414 g/mol. The fourth-order valence-electron chi connectivity index (χ4n) is 4.90. The number of piperidine rings is 2. The molecule has 1 aliphatic carbocycles. The monoisotopic (exact) mass is 413 g/mol. The summed E-state index contributed by atoms with van der Waals surface area (Å²) in [5.74, 6) is 5.59. The van der Waals surface area contributed by atoms with Crippen LogP contribution in [0.15, 0.2) is 18.5 Å². The first-order valence-electron chi connectivity index (χ1n) is 9.58. The van der Waals surface area contributed by atoms with Gasteiger partial charge in [0.1, 0.15) is 12.4 Å². The molecule has 2 aromatic rings. The van der Waals surface area contributed by atoms with Gasteiger partial charge >= 0.3 is 0 Å². The Morgan fingerprint density at radius 3 is 2.52 bits per heavy atom. The van der Waals surface area contributed by atoms with Gasteiger partial charge in [-0.3, -0.25) is 4.68 Å². The molecule has 3 atom stereocenters. The number of hydrogen-bond acceptors (Lipinski definition) is 5. The lowest BCUT2D eigenvalue weighted by Gasteiger charge is -2.31. The van der Waals surface area contributed by atoms with E-state index in [1.807, 2.05) is 16.9 Å². The van der Waals surface area contributed by atoms with Gasteiger partial charge in [-0.15, -0.1) is 35.0 Å². The molecule has 27 heavy (non-hydrogen) atoms. The molecule has 0 amide bonds. The minimum absolute atomic E-state index is 0. The summed E-state index contributed by atoms with van der Waals surface area (Å²) in [7, 11) is 2.10. The maximum Gasteiger partial charge on any atom is 0.154 e. The van der Waals surface area contributed by atoms with Gasteiger partial charge in [0.2, 0.25) is 0 Å². The van der Waals surface area contributed by atoms with Gasteiger partial charge in [0.05, 0.1) is 0 Å². The predicted molar refractivity (Wildman–Crippen MR) is 109 cm³/mol. The van der Waals surface area contributed by atoms with E-state index in [4.69, 9.17) is 0 Å². The molecule has 2 saturated heterocycles. The van der Waals surface area contributed by atoms with E-state index >= 15 is 0 Å². The van der Waals surface area contributed by atoms with Crippen LogP contribution in [0.25, 0.3) is 0 Å². The molecule has 0 spiro atoms. The van der Waals surface area contributed by atoms with Crippen molar-refractivity contribution < 1.29 is 0 Å². The van der Waals surface area contributed by atoms with Crippen LogP contribution in [-0.4, -0.2) is 62.2 Å². The molecular weight excluding hydrogens is 385 g/mol. The number of halogens is 2. The van der Waals surface area contributed by atoms with Crippen molar-refractivity contribution in [3.63, 3.8) is 0 Å². The summed E-state index contributed by atoms with van der Waals surface area (Å²) in [6.07, 6.45) is 6.18. The molecular formula is C18H29Cl2N7. The fourth-order valence-corrected chi connectivity index (χ4v) is 4.90. The molecule has 1 saturated carbocycles. The molecule has 1 N–H and O–H groups in total. The van der Waals surface area contributed by atoms with Crippen molar-refractivity contribution in [2.24, 2.45) is 24.8 Å². The lowest BCUT2D eigenvalue weighted by molar-refractivity contribution is 0.193. The third-order valence-electron chi connectivity index (χ3n) is 6.55. The van der Waals surface area contributed by atoms with E-state index in [1.165, 1.54) is 45.6 Å². The Labute approximate surface area is 172 Å². The van der Waals surface area contributed by atoms with Gasteiger partial charge in [-0.25, -0.2) is 0 Å². The summed E-state index contributed by atoms with van der Waals surface area (Å²) in [5, 5.41) is 16.7. The van der Waals surface area contributed by atoms with Crippen molar-refractivity contribution in [1.29, 1.82) is 0 Å². The first-order chi connectivity index (χ1) is 12.3. The van der Waals surface area contributed by atoms with Crippen molar-refractivity contribution in [3.8, 4) is 0 Å². The van der Waals surface area contributed by atoms with Crippen LogP contribution in [0.2, 0.25) is 0 Å². The highest BCUT2D eigenvalue weighted by atomic mass is 35.5. The Morgan fingerprint density at radius 1 is 1.11 bits per heavy atom. The summed E-state index contributed by atoms with van der Waals surface area (Å²) < 4.78 is 4.08. The van der Waals surface area contributed by atoms with Crippen LogP contribution in [0.5, 0.6) is 0 Å². The molecule has 2 aliphatic heterocycles. The zero-order chi connectivity index (χ0) is 16.8. The highest BCUT2D eigenvalue weighted by molar-refractivity contribution is 5.85. The summed E-state index contributed by atoms with van der Waals surface area (Å²) in [5.41, 5.74) is 0. The number of likely N-dealkylation sites (tertiary alicyclic amines) is 1. The normalized spacial score (nSPS) is 27.7. The second kappa shape index (κ2) is 8.47. The second-order valence-electron chi connectivity index (χ2n) is 7.96. The maximum atomic E-state index is 4.51. The maximum absolute atomic E-state index is 4.51. The Balaban J connectivity index is 0.00000105. The van der Waals surface area contributed by atoms with Crippen LogP contribution in [0.1, 0.15) is 30.4 Å². The molecule has 4 heterocycles. The number of aromatic nitrogens is 5. The highest BCUT2D eigenvalue weighted by Crippen LogP contribution is 2.49. The van der Waals surface area contributed by atoms with Crippen LogP contribution in [-0.2, 0) is 13.6 Å². The van der Waals surface area contributed by atoms with Gasteiger partial charge in [0.15, 0.2) is 5.82 Å². The molecule has 3 fully saturated rings. The summed E-state index contributed by atoms with van der Waals surface area (Å²) in [6.45, 7) is 6.92. The van der Waals surface area contributed by atoms with E-state index < -0.39 is 0 Å². The van der Waals surface area contributed by atoms with E-state index in [0.717, 1.165) is 29.4 Å². The SMILES string of the molecule is Cl.Cl.Cn1c(Cn2cccn2)nnc1C1CCN(CC2[C@H]3CNC[C@@H]23)CC1. The van der Waals surface area contributed by atoms with Crippen molar-refractivity contribution in [3.05, 3.63) is 30.1 Å². The number of rotatable bonds is 5. The van der Waals surface area contributed by atoms with Crippen LogP contribution in [0, 0.1) is 17.8 Å². The van der Waals surface area contributed by atoms with Gasteiger partial charge in [-0.2, -0.15) is 5.10 Å². The van der Waals surface area contributed by atoms with Gasteiger partial charge < -0.3 is 14.8 Å². The van der Waals surface area contributed by atoms with Gasteiger partial charge in [0.25, 0.3) is 0 Å². The Morgan fingerprint density at radius 2 is 1.85 bits per heavy atom. The van der Waals surface area contributed by atoms with Crippen LogP contribution in [0.3, 0.4) is 0 Å². The Kier molecular flexibility index (Phi) is 6.46. The van der Waals surface area contributed by atoms with Gasteiger partial charge in [-0.05, 0) is 62.8 Å². The zero-order valence-corrected chi connectivity index (χ0v) is 17.3. The van der Waals surface area contributed by atoms with Gasteiger partial charge in [-0.1, -0.05) is 0 Å². The van der Waals surface area contributed by atoms with Gasteiger partial charge in [0, 0.05) is 31.9 Å². The predicted octanol–water partition coefficient (Wildman–Crippen LogP) is 1.55. The van der Waals surface area contributed by atoms with Crippen molar-refractivity contribution >= 4 is 24.8 Å². The standard InChI is InChI=1S/C18H27N7.2ClH/c1-23-17(12-25-6-2-5-20-25)21-22-18(23)13-3-7-24(8-4-13)11-16-14-9-19-10-15(14)16;;/h2,5-6,13-16,19H,3-4,7-12H2,1H3;2*1H/t14-,15+,16?;;. The molecule has 7 nitrogen and oxygen atoms in total. The molecule has 0 radical (unpaired) electrons. The minimum Gasteiger partial charge on any atom is -0.316 e. The number of fused-ring (bicyclic) bond motifs is 1. The number of nitrogens with one attached hydrogen (secondary N) is 1. The smallest absolute Gasteiger partial charge is 0.154 e. The largest absolute Gasteiger partial charge is 0.316 e.